The molecule has 1 aromatic carbocycles. The Hall–Kier alpha value is -1.75. The first-order valence-corrected chi connectivity index (χ1v) is 6.22. The molecule has 0 atom stereocenters. The summed E-state index contributed by atoms with van der Waals surface area (Å²) in [4.78, 5) is 13.9. The van der Waals surface area contributed by atoms with E-state index in [9.17, 15) is 4.79 Å². The Bertz CT molecular complexity index is 510. The molecule has 2 N–H and O–H groups in total. The van der Waals surface area contributed by atoms with E-state index in [1.54, 1.807) is 32.2 Å². The van der Waals surface area contributed by atoms with Crippen molar-refractivity contribution in [2.75, 3.05) is 26.2 Å². The number of ether oxygens (including phenoxy) is 2. The van der Waals surface area contributed by atoms with Crippen LogP contribution in [0.2, 0.25) is 0 Å². The van der Waals surface area contributed by atoms with Gasteiger partial charge in [-0.2, -0.15) is 0 Å². The zero-order valence-corrected chi connectivity index (χ0v) is 11.8. The molecule has 1 aliphatic rings. The molecule has 0 unspecified atom stereocenters. The summed E-state index contributed by atoms with van der Waals surface area (Å²) < 4.78 is 10.6. The molecule has 2 rings (SSSR count). The van der Waals surface area contributed by atoms with Gasteiger partial charge in [-0.05, 0) is 31.4 Å². The van der Waals surface area contributed by atoms with E-state index in [2.05, 4.69) is 0 Å². The second-order valence-electron chi connectivity index (χ2n) is 5.02. The SMILES string of the molecule is COc1cc(C)c(N(C)C(=O)C2(N)CC2)c(OC)c1. The molecule has 0 heterocycles. The standard InChI is InChI=1S/C14H20N2O3/c1-9-7-10(18-3)8-11(19-4)12(9)16(2)13(17)14(15)5-6-14/h7-8H,5-6,15H2,1-4H3. The highest BCUT2D eigenvalue weighted by Gasteiger charge is 2.48. The van der Waals surface area contributed by atoms with Crippen LogP contribution in [0.4, 0.5) is 5.69 Å². The second kappa shape index (κ2) is 4.74. The predicted molar refractivity (Wildman–Crippen MR) is 73.8 cm³/mol. The smallest absolute Gasteiger partial charge is 0.246 e. The summed E-state index contributed by atoms with van der Waals surface area (Å²) in [5.41, 5.74) is 6.93. The summed E-state index contributed by atoms with van der Waals surface area (Å²) >= 11 is 0. The number of carbonyl (C=O) groups excluding carboxylic acids is 1. The van der Waals surface area contributed by atoms with Crippen molar-refractivity contribution in [3.05, 3.63) is 17.7 Å². The van der Waals surface area contributed by atoms with Crippen molar-refractivity contribution >= 4 is 11.6 Å². The molecular weight excluding hydrogens is 244 g/mol. The van der Waals surface area contributed by atoms with Crippen LogP contribution in [0.1, 0.15) is 18.4 Å². The number of rotatable bonds is 4. The minimum atomic E-state index is -0.688. The van der Waals surface area contributed by atoms with Gasteiger partial charge in [-0.15, -0.1) is 0 Å². The molecule has 1 saturated carbocycles. The molecular formula is C14H20N2O3. The molecule has 1 amide bonds. The van der Waals surface area contributed by atoms with E-state index in [4.69, 9.17) is 15.2 Å². The van der Waals surface area contributed by atoms with Crippen molar-refractivity contribution in [3.63, 3.8) is 0 Å². The molecule has 5 heteroatoms. The Morgan fingerprint density at radius 2 is 1.95 bits per heavy atom. The molecule has 0 radical (unpaired) electrons. The van der Waals surface area contributed by atoms with Crippen LogP contribution in [0.3, 0.4) is 0 Å². The van der Waals surface area contributed by atoms with Crippen LogP contribution >= 0.6 is 0 Å². The predicted octanol–water partition coefficient (Wildman–Crippen LogP) is 1.47. The van der Waals surface area contributed by atoms with E-state index in [0.29, 0.717) is 11.5 Å². The van der Waals surface area contributed by atoms with Crippen molar-refractivity contribution in [3.8, 4) is 11.5 Å². The Morgan fingerprint density at radius 1 is 1.32 bits per heavy atom. The minimum absolute atomic E-state index is 0.0703. The molecule has 1 fully saturated rings. The van der Waals surface area contributed by atoms with Crippen LogP contribution < -0.4 is 20.1 Å². The maximum absolute atomic E-state index is 12.3. The van der Waals surface area contributed by atoms with Crippen LogP contribution in [-0.2, 0) is 4.79 Å². The number of anilines is 1. The third kappa shape index (κ3) is 2.38. The minimum Gasteiger partial charge on any atom is -0.497 e. The lowest BCUT2D eigenvalue weighted by atomic mass is 10.1. The highest BCUT2D eigenvalue weighted by molar-refractivity contribution is 6.03. The molecule has 5 nitrogen and oxygen atoms in total. The summed E-state index contributed by atoms with van der Waals surface area (Å²) in [5.74, 6) is 1.24. The monoisotopic (exact) mass is 264 g/mol. The average Bonchev–Trinajstić information content (AvgIpc) is 3.15. The Labute approximate surface area is 113 Å². The number of aryl methyl sites for hydroxylation is 1. The lowest BCUT2D eigenvalue weighted by Crippen LogP contribution is -2.44. The number of carbonyl (C=O) groups is 1. The van der Waals surface area contributed by atoms with Crippen LogP contribution in [-0.4, -0.2) is 32.7 Å². The van der Waals surface area contributed by atoms with E-state index in [0.717, 1.165) is 24.1 Å². The number of hydrogen-bond donors (Lipinski definition) is 1. The van der Waals surface area contributed by atoms with Gasteiger partial charge in [-0.25, -0.2) is 0 Å². The lowest BCUT2D eigenvalue weighted by Gasteiger charge is -2.25. The van der Waals surface area contributed by atoms with Gasteiger partial charge in [0.15, 0.2) is 0 Å². The molecule has 1 aliphatic carbocycles. The fourth-order valence-electron chi connectivity index (χ4n) is 2.20. The van der Waals surface area contributed by atoms with E-state index >= 15 is 0 Å². The van der Waals surface area contributed by atoms with Crippen LogP contribution in [0.15, 0.2) is 12.1 Å². The van der Waals surface area contributed by atoms with Crippen LogP contribution in [0.5, 0.6) is 11.5 Å². The van der Waals surface area contributed by atoms with Crippen molar-refractivity contribution in [1.29, 1.82) is 0 Å². The van der Waals surface area contributed by atoms with Gasteiger partial charge >= 0.3 is 0 Å². The number of amides is 1. The van der Waals surface area contributed by atoms with Crippen molar-refractivity contribution in [1.82, 2.24) is 0 Å². The lowest BCUT2D eigenvalue weighted by molar-refractivity contribution is -0.120. The topological polar surface area (TPSA) is 64.8 Å². The van der Waals surface area contributed by atoms with Gasteiger partial charge in [-0.3, -0.25) is 4.79 Å². The van der Waals surface area contributed by atoms with Gasteiger partial charge in [0.2, 0.25) is 5.91 Å². The molecule has 1 aromatic rings. The summed E-state index contributed by atoms with van der Waals surface area (Å²) in [7, 11) is 4.90. The van der Waals surface area contributed by atoms with Gasteiger partial charge in [0.05, 0.1) is 25.4 Å². The van der Waals surface area contributed by atoms with Crippen molar-refractivity contribution in [2.45, 2.75) is 25.3 Å². The van der Waals surface area contributed by atoms with Gasteiger partial charge in [-0.1, -0.05) is 0 Å². The van der Waals surface area contributed by atoms with E-state index in [-0.39, 0.29) is 5.91 Å². The highest BCUT2D eigenvalue weighted by atomic mass is 16.5. The number of methoxy groups -OCH3 is 2. The molecule has 19 heavy (non-hydrogen) atoms. The number of likely N-dealkylation sites (N-methyl/N-ethyl adjacent to an activating group) is 1. The van der Waals surface area contributed by atoms with Gasteiger partial charge in [0.25, 0.3) is 0 Å². The van der Waals surface area contributed by atoms with Gasteiger partial charge < -0.3 is 20.1 Å². The zero-order valence-electron chi connectivity index (χ0n) is 11.8. The Kier molecular flexibility index (Phi) is 3.41. The molecule has 0 aromatic heterocycles. The molecule has 0 spiro atoms. The second-order valence-corrected chi connectivity index (χ2v) is 5.02. The zero-order chi connectivity index (χ0) is 14.2. The summed E-state index contributed by atoms with van der Waals surface area (Å²) in [6.45, 7) is 1.92. The summed E-state index contributed by atoms with van der Waals surface area (Å²) in [5, 5.41) is 0. The fraction of sp³-hybridized carbons (Fsp3) is 0.500. The van der Waals surface area contributed by atoms with E-state index < -0.39 is 5.54 Å². The molecule has 0 aliphatic heterocycles. The number of nitrogens with zero attached hydrogens (tertiary/aromatic N) is 1. The van der Waals surface area contributed by atoms with Crippen LogP contribution in [0, 0.1) is 6.92 Å². The number of hydrogen-bond acceptors (Lipinski definition) is 4. The Morgan fingerprint density at radius 3 is 2.42 bits per heavy atom. The van der Waals surface area contributed by atoms with E-state index in [1.165, 1.54) is 0 Å². The molecule has 104 valence electrons. The third-order valence-electron chi connectivity index (χ3n) is 3.55. The first kappa shape index (κ1) is 13.7. The first-order valence-electron chi connectivity index (χ1n) is 6.22. The van der Waals surface area contributed by atoms with Gasteiger partial charge in [0.1, 0.15) is 11.5 Å². The largest absolute Gasteiger partial charge is 0.497 e. The normalized spacial score (nSPS) is 15.8. The Balaban J connectivity index is 2.40. The van der Waals surface area contributed by atoms with Crippen molar-refractivity contribution < 1.29 is 14.3 Å². The first-order chi connectivity index (χ1) is 8.92. The number of benzene rings is 1. The summed E-state index contributed by atoms with van der Waals surface area (Å²) in [6.07, 6.45) is 1.49. The quantitative estimate of drug-likeness (QED) is 0.894. The molecule has 0 bridgehead atoms. The number of nitrogens with two attached hydrogens (primary N) is 1. The van der Waals surface area contributed by atoms with Crippen molar-refractivity contribution in [2.24, 2.45) is 5.73 Å². The van der Waals surface area contributed by atoms with Gasteiger partial charge in [0, 0.05) is 13.1 Å². The maximum atomic E-state index is 12.3. The van der Waals surface area contributed by atoms with E-state index in [1.807, 2.05) is 13.0 Å². The molecule has 0 saturated heterocycles. The summed E-state index contributed by atoms with van der Waals surface area (Å²) in [6, 6.07) is 3.64. The fourth-order valence-corrected chi connectivity index (χ4v) is 2.20. The third-order valence-corrected chi connectivity index (χ3v) is 3.55. The van der Waals surface area contributed by atoms with Crippen LogP contribution in [0.25, 0.3) is 0 Å². The average molecular weight is 264 g/mol. The maximum Gasteiger partial charge on any atom is 0.246 e. The highest BCUT2D eigenvalue weighted by Crippen LogP contribution is 2.40.